The molecule has 1 aromatic rings. The summed E-state index contributed by atoms with van der Waals surface area (Å²) < 4.78 is 10.9. The zero-order chi connectivity index (χ0) is 18.0. The summed E-state index contributed by atoms with van der Waals surface area (Å²) in [4.78, 5) is 11.8. The number of ether oxygens (including phenoxy) is 2. The van der Waals surface area contributed by atoms with Gasteiger partial charge in [0.15, 0.2) is 6.61 Å². The van der Waals surface area contributed by atoms with Crippen LogP contribution < -0.4 is 10.1 Å². The highest BCUT2D eigenvalue weighted by atomic mass is 16.5. The van der Waals surface area contributed by atoms with Crippen LogP contribution in [-0.4, -0.2) is 32.3 Å². The summed E-state index contributed by atoms with van der Waals surface area (Å²) in [5.74, 6) is 3.54. The van der Waals surface area contributed by atoms with Crippen LogP contribution in [0.5, 0.6) is 5.75 Å². The number of carbonyl (C=O) groups is 1. The summed E-state index contributed by atoms with van der Waals surface area (Å²) in [5.41, 5.74) is 1.91. The zero-order valence-electron chi connectivity index (χ0n) is 15.8. The minimum Gasteiger partial charge on any atom is -0.484 e. The van der Waals surface area contributed by atoms with Crippen LogP contribution in [0.3, 0.4) is 0 Å². The first kappa shape index (κ1) is 17.8. The third-order valence-corrected chi connectivity index (χ3v) is 6.65. The molecule has 0 atom stereocenters. The van der Waals surface area contributed by atoms with Gasteiger partial charge in [0.05, 0.1) is 6.61 Å². The Morgan fingerprint density at radius 2 is 1.69 bits per heavy atom. The first-order valence-electron chi connectivity index (χ1n) is 10.2. The van der Waals surface area contributed by atoms with Crippen molar-refractivity contribution in [2.24, 2.45) is 17.8 Å². The smallest absolute Gasteiger partial charge is 0.258 e. The fraction of sp³-hybridized carbons (Fsp3) is 0.682. The molecule has 0 aromatic heterocycles. The number of hydrogen-bond acceptors (Lipinski definition) is 3. The van der Waals surface area contributed by atoms with Gasteiger partial charge in [-0.15, -0.1) is 0 Å². The molecule has 4 aliphatic carbocycles. The van der Waals surface area contributed by atoms with Crippen LogP contribution in [0.25, 0.3) is 0 Å². The molecule has 4 aliphatic rings. The van der Waals surface area contributed by atoms with E-state index in [0.717, 1.165) is 23.5 Å². The van der Waals surface area contributed by atoms with E-state index in [9.17, 15) is 4.79 Å². The Morgan fingerprint density at radius 3 is 2.27 bits per heavy atom. The summed E-state index contributed by atoms with van der Waals surface area (Å²) in [6.07, 6.45) is 8.54. The largest absolute Gasteiger partial charge is 0.484 e. The minimum absolute atomic E-state index is 0.0584. The highest BCUT2D eigenvalue weighted by Crippen LogP contribution is 2.60. The van der Waals surface area contributed by atoms with Crippen LogP contribution in [0, 0.1) is 17.8 Å². The van der Waals surface area contributed by atoms with Crippen LogP contribution in [0.2, 0.25) is 0 Å². The number of amides is 1. The number of hydrogen-bond donors (Lipinski definition) is 1. The summed E-state index contributed by atoms with van der Waals surface area (Å²) >= 11 is 0. The summed E-state index contributed by atoms with van der Waals surface area (Å²) in [7, 11) is 0. The van der Waals surface area contributed by atoms with Gasteiger partial charge in [0.25, 0.3) is 5.91 Å². The molecule has 0 spiro atoms. The molecule has 5 rings (SSSR count). The Morgan fingerprint density at radius 1 is 1.08 bits per heavy atom. The summed E-state index contributed by atoms with van der Waals surface area (Å²) in [6, 6.07) is 8.58. The fourth-order valence-corrected chi connectivity index (χ4v) is 5.98. The van der Waals surface area contributed by atoms with E-state index in [1.807, 2.05) is 19.1 Å². The number of benzene rings is 1. The van der Waals surface area contributed by atoms with Crippen molar-refractivity contribution in [1.29, 1.82) is 0 Å². The standard InChI is InChI=1S/C22H31NO3/c1-2-25-8-7-23-21(24)15-26-20-5-3-19(4-6-20)22-12-16-9-17(13-22)11-18(10-16)14-22/h3-6,16-18H,2,7-15H2,1H3,(H,23,24). The molecule has 142 valence electrons. The molecule has 0 unspecified atom stereocenters. The molecule has 4 bridgehead atoms. The van der Waals surface area contributed by atoms with Gasteiger partial charge in [-0.25, -0.2) is 0 Å². The summed E-state index contributed by atoms with van der Waals surface area (Å²) in [6.45, 7) is 3.74. The average molecular weight is 357 g/mol. The molecule has 1 amide bonds. The molecule has 4 fully saturated rings. The van der Waals surface area contributed by atoms with Gasteiger partial charge >= 0.3 is 0 Å². The lowest BCUT2D eigenvalue weighted by molar-refractivity contribution is -0.123. The van der Waals surface area contributed by atoms with Gasteiger partial charge < -0.3 is 14.8 Å². The average Bonchev–Trinajstić information content (AvgIpc) is 2.63. The molecule has 0 radical (unpaired) electrons. The van der Waals surface area contributed by atoms with E-state index in [0.29, 0.717) is 25.2 Å². The maximum atomic E-state index is 11.8. The van der Waals surface area contributed by atoms with Crippen molar-refractivity contribution in [2.45, 2.75) is 50.9 Å². The molecular weight excluding hydrogens is 326 g/mol. The minimum atomic E-state index is -0.102. The zero-order valence-corrected chi connectivity index (χ0v) is 15.8. The normalized spacial score (nSPS) is 31.8. The third-order valence-electron chi connectivity index (χ3n) is 6.65. The van der Waals surface area contributed by atoms with E-state index in [-0.39, 0.29) is 12.5 Å². The first-order valence-corrected chi connectivity index (χ1v) is 10.2. The summed E-state index contributed by atoms with van der Waals surface area (Å²) in [5, 5.41) is 2.80. The second-order valence-corrected chi connectivity index (χ2v) is 8.56. The van der Waals surface area contributed by atoms with Crippen LogP contribution in [0.1, 0.15) is 51.0 Å². The van der Waals surface area contributed by atoms with Gasteiger partial charge in [-0.3, -0.25) is 4.79 Å². The SMILES string of the molecule is CCOCCNC(=O)COc1ccc(C23CC4CC(CC(C4)C2)C3)cc1. The lowest BCUT2D eigenvalue weighted by atomic mass is 9.48. The molecule has 4 heteroatoms. The number of nitrogens with one attached hydrogen (secondary N) is 1. The lowest BCUT2D eigenvalue weighted by Gasteiger charge is -2.57. The van der Waals surface area contributed by atoms with Crippen LogP contribution >= 0.6 is 0 Å². The quantitative estimate of drug-likeness (QED) is 0.722. The number of carbonyl (C=O) groups excluding carboxylic acids is 1. The molecule has 0 saturated heterocycles. The van der Waals surface area contributed by atoms with Crippen molar-refractivity contribution in [3.63, 3.8) is 0 Å². The molecular formula is C22H31NO3. The predicted octanol–water partition coefficient (Wildman–Crippen LogP) is 3.69. The van der Waals surface area contributed by atoms with Crippen molar-refractivity contribution in [1.82, 2.24) is 5.32 Å². The molecule has 4 saturated carbocycles. The Kier molecular flexibility index (Phi) is 5.21. The molecule has 0 heterocycles. The Balaban J connectivity index is 1.31. The molecule has 1 aromatic carbocycles. The van der Waals surface area contributed by atoms with Gasteiger partial charge in [-0.2, -0.15) is 0 Å². The van der Waals surface area contributed by atoms with Gasteiger partial charge in [0, 0.05) is 13.2 Å². The molecule has 26 heavy (non-hydrogen) atoms. The van der Waals surface area contributed by atoms with Crippen molar-refractivity contribution in [2.75, 3.05) is 26.4 Å². The molecule has 1 N–H and O–H groups in total. The fourth-order valence-electron chi connectivity index (χ4n) is 5.98. The van der Waals surface area contributed by atoms with Crippen molar-refractivity contribution < 1.29 is 14.3 Å². The first-order chi connectivity index (χ1) is 12.7. The van der Waals surface area contributed by atoms with E-state index >= 15 is 0 Å². The predicted molar refractivity (Wildman–Crippen MR) is 101 cm³/mol. The van der Waals surface area contributed by atoms with Gasteiger partial charge in [0.2, 0.25) is 0 Å². The lowest BCUT2D eigenvalue weighted by Crippen LogP contribution is -2.48. The van der Waals surface area contributed by atoms with Crippen LogP contribution in [-0.2, 0) is 14.9 Å². The van der Waals surface area contributed by atoms with Crippen molar-refractivity contribution in [3.05, 3.63) is 29.8 Å². The van der Waals surface area contributed by atoms with Crippen molar-refractivity contribution in [3.8, 4) is 5.75 Å². The van der Waals surface area contributed by atoms with Crippen molar-refractivity contribution >= 4 is 5.91 Å². The third kappa shape index (κ3) is 3.75. The Bertz CT molecular complexity index is 589. The second-order valence-electron chi connectivity index (χ2n) is 8.56. The molecule has 4 nitrogen and oxygen atoms in total. The number of rotatable bonds is 8. The monoisotopic (exact) mass is 357 g/mol. The highest BCUT2D eigenvalue weighted by molar-refractivity contribution is 5.77. The second kappa shape index (κ2) is 7.59. The van der Waals surface area contributed by atoms with E-state index in [1.165, 1.54) is 44.1 Å². The van der Waals surface area contributed by atoms with Gasteiger partial charge in [-0.05, 0) is 86.3 Å². The topological polar surface area (TPSA) is 47.6 Å². The maximum Gasteiger partial charge on any atom is 0.258 e. The van der Waals surface area contributed by atoms with E-state index in [2.05, 4.69) is 17.4 Å². The van der Waals surface area contributed by atoms with Gasteiger partial charge in [0.1, 0.15) is 5.75 Å². The van der Waals surface area contributed by atoms with E-state index < -0.39 is 0 Å². The Labute approximate surface area is 156 Å². The Hall–Kier alpha value is -1.55. The highest BCUT2D eigenvalue weighted by Gasteiger charge is 2.51. The van der Waals surface area contributed by atoms with Crippen LogP contribution in [0.15, 0.2) is 24.3 Å². The van der Waals surface area contributed by atoms with E-state index in [4.69, 9.17) is 9.47 Å². The van der Waals surface area contributed by atoms with Gasteiger partial charge in [-0.1, -0.05) is 12.1 Å². The van der Waals surface area contributed by atoms with E-state index in [1.54, 1.807) is 0 Å². The maximum absolute atomic E-state index is 11.8. The molecule has 0 aliphatic heterocycles. The van der Waals surface area contributed by atoms with Crippen LogP contribution in [0.4, 0.5) is 0 Å².